The van der Waals surface area contributed by atoms with Gasteiger partial charge >= 0.3 is 6.03 Å². The van der Waals surface area contributed by atoms with E-state index >= 15 is 0 Å². The number of nitrogens with one attached hydrogen (secondary N) is 1. The number of rotatable bonds is 3. The predicted molar refractivity (Wildman–Crippen MR) is 109 cm³/mol. The zero-order valence-electron chi connectivity index (χ0n) is 18.1. The quantitative estimate of drug-likeness (QED) is 0.789. The largest absolute Gasteiger partial charge is 0.372 e. The first-order valence-corrected chi connectivity index (χ1v) is 10.1. The summed E-state index contributed by atoms with van der Waals surface area (Å²) in [7, 11) is 0. The van der Waals surface area contributed by atoms with Crippen molar-refractivity contribution in [2.75, 3.05) is 19.6 Å². The molecule has 2 aliphatic rings. The van der Waals surface area contributed by atoms with Gasteiger partial charge in [0.2, 0.25) is 5.91 Å². The lowest BCUT2D eigenvalue weighted by molar-refractivity contribution is -0.146. The number of morpholine rings is 1. The highest BCUT2D eigenvalue weighted by atomic mass is 16.5. The summed E-state index contributed by atoms with van der Waals surface area (Å²) in [5.74, 6) is -0.656. The van der Waals surface area contributed by atoms with Crippen LogP contribution >= 0.6 is 0 Å². The van der Waals surface area contributed by atoms with Gasteiger partial charge in [-0.15, -0.1) is 0 Å². The van der Waals surface area contributed by atoms with E-state index in [0.29, 0.717) is 18.7 Å². The molecule has 2 aliphatic heterocycles. The first kappa shape index (κ1) is 21.3. The molecule has 4 amide bonds. The summed E-state index contributed by atoms with van der Waals surface area (Å²) in [5, 5.41) is 2.77. The third kappa shape index (κ3) is 4.15. The second kappa shape index (κ2) is 7.44. The molecule has 3 rings (SSSR count). The van der Waals surface area contributed by atoms with Gasteiger partial charge in [-0.3, -0.25) is 14.5 Å². The van der Waals surface area contributed by atoms with E-state index in [1.54, 1.807) is 11.8 Å². The molecule has 2 fully saturated rings. The second-order valence-electron chi connectivity index (χ2n) is 9.33. The molecule has 7 heteroatoms. The Bertz CT molecular complexity index is 804. The highest BCUT2D eigenvalue weighted by molar-refractivity contribution is 6.09. The van der Waals surface area contributed by atoms with Crippen LogP contribution in [0.1, 0.15) is 52.7 Å². The predicted octanol–water partition coefficient (Wildman–Crippen LogP) is 2.39. The minimum Gasteiger partial charge on any atom is -0.372 e. The van der Waals surface area contributed by atoms with E-state index in [2.05, 4.69) is 26.1 Å². The van der Waals surface area contributed by atoms with E-state index in [9.17, 15) is 14.4 Å². The topological polar surface area (TPSA) is 79.0 Å². The summed E-state index contributed by atoms with van der Waals surface area (Å²) >= 11 is 0. The monoisotopic (exact) mass is 401 g/mol. The molecule has 1 aromatic carbocycles. The van der Waals surface area contributed by atoms with E-state index < -0.39 is 17.5 Å². The molecule has 0 aromatic heterocycles. The number of benzene rings is 1. The summed E-state index contributed by atoms with van der Waals surface area (Å²) in [6.07, 6.45) is -0.144. The fourth-order valence-electron chi connectivity index (χ4n) is 3.96. The van der Waals surface area contributed by atoms with Crippen LogP contribution in [0.3, 0.4) is 0 Å². The molecule has 0 unspecified atom stereocenters. The van der Waals surface area contributed by atoms with Gasteiger partial charge in [0.1, 0.15) is 12.1 Å². The Labute approximate surface area is 172 Å². The van der Waals surface area contributed by atoms with Gasteiger partial charge in [-0.05, 0) is 37.3 Å². The van der Waals surface area contributed by atoms with Crippen molar-refractivity contribution in [2.24, 2.45) is 0 Å². The lowest BCUT2D eigenvalue weighted by Crippen LogP contribution is -2.52. The smallest absolute Gasteiger partial charge is 0.325 e. The molecule has 29 heavy (non-hydrogen) atoms. The molecular formula is C22H31N3O4. The van der Waals surface area contributed by atoms with Crippen molar-refractivity contribution in [2.45, 2.75) is 64.7 Å². The second-order valence-corrected chi connectivity index (χ2v) is 9.33. The van der Waals surface area contributed by atoms with Gasteiger partial charge in [0.05, 0.1) is 12.2 Å². The molecule has 0 spiro atoms. The van der Waals surface area contributed by atoms with Crippen LogP contribution < -0.4 is 5.32 Å². The van der Waals surface area contributed by atoms with Gasteiger partial charge in [-0.2, -0.15) is 0 Å². The average molecular weight is 402 g/mol. The number of carbonyl (C=O) groups is 3. The number of carbonyl (C=O) groups excluding carboxylic acids is 3. The molecule has 1 N–H and O–H groups in total. The number of amides is 4. The van der Waals surface area contributed by atoms with Gasteiger partial charge < -0.3 is 15.0 Å². The standard InChI is InChI=1S/C22H31N3O4/c1-14-11-24(12-15(2)29-14)18(26)13-25-19(27)22(6,23-20(25)28)17-9-7-16(8-10-17)21(3,4)5/h7-10,14-15H,11-13H2,1-6H3,(H,23,28)/t14-,15+,22-/m1/s1. The zero-order valence-corrected chi connectivity index (χ0v) is 18.1. The van der Waals surface area contributed by atoms with Gasteiger partial charge in [0.15, 0.2) is 0 Å². The van der Waals surface area contributed by atoms with Gasteiger partial charge in [-0.1, -0.05) is 45.0 Å². The lowest BCUT2D eigenvalue weighted by Gasteiger charge is -2.35. The number of urea groups is 1. The van der Waals surface area contributed by atoms with Crippen LogP contribution in [0.15, 0.2) is 24.3 Å². The zero-order chi connectivity index (χ0) is 21.6. The van der Waals surface area contributed by atoms with E-state index in [4.69, 9.17) is 4.74 Å². The Hall–Kier alpha value is -2.41. The minimum absolute atomic E-state index is 0.00669. The molecular weight excluding hydrogens is 370 g/mol. The van der Waals surface area contributed by atoms with Crippen LogP contribution in [-0.2, 0) is 25.3 Å². The number of hydrogen-bond donors (Lipinski definition) is 1. The highest BCUT2D eigenvalue weighted by Gasteiger charge is 2.50. The SMILES string of the molecule is C[C@@H]1CN(C(=O)CN2C(=O)N[C@](C)(c3ccc(C(C)(C)C)cc3)C2=O)C[C@H](C)O1. The van der Waals surface area contributed by atoms with E-state index in [1.165, 1.54) is 0 Å². The molecule has 0 bridgehead atoms. The van der Waals surface area contributed by atoms with Crippen LogP contribution in [0.5, 0.6) is 0 Å². The van der Waals surface area contributed by atoms with E-state index in [0.717, 1.165) is 10.5 Å². The van der Waals surface area contributed by atoms with Crippen molar-refractivity contribution in [1.29, 1.82) is 0 Å². The lowest BCUT2D eigenvalue weighted by atomic mass is 9.84. The van der Waals surface area contributed by atoms with Crippen LogP contribution in [0.2, 0.25) is 0 Å². The van der Waals surface area contributed by atoms with Crippen molar-refractivity contribution in [1.82, 2.24) is 15.1 Å². The summed E-state index contributed by atoms with van der Waals surface area (Å²) < 4.78 is 5.65. The minimum atomic E-state index is -1.18. The fraction of sp³-hybridized carbons (Fsp3) is 0.591. The summed E-state index contributed by atoms with van der Waals surface area (Å²) in [5.41, 5.74) is 0.656. The summed E-state index contributed by atoms with van der Waals surface area (Å²) in [4.78, 5) is 41.1. The average Bonchev–Trinajstić information content (AvgIpc) is 2.84. The maximum atomic E-state index is 13.1. The summed E-state index contributed by atoms with van der Waals surface area (Å²) in [6, 6.07) is 7.15. The molecule has 0 aliphatic carbocycles. The van der Waals surface area contributed by atoms with Gasteiger partial charge in [-0.25, -0.2) is 4.79 Å². The summed E-state index contributed by atoms with van der Waals surface area (Å²) in [6.45, 7) is 12.5. The van der Waals surface area contributed by atoms with Crippen molar-refractivity contribution in [3.8, 4) is 0 Å². The van der Waals surface area contributed by atoms with Crippen molar-refractivity contribution < 1.29 is 19.1 Å². The number of hydrogen-bond acceptors (Lipinski definition) is 4. The van der Waals surface area contributed by atoms with Crippen molar-refractivity contribution in [3.63, 3.8) is 0 Å². The maximum absolute atomic E-state index is 13.1. The molecule has 0 radical (unpaired) electrons. The van der Waals surface area contributed by atoms with Crippen molar-refractivity contribution >= 4 is 17.8 Å². The number of imide groups is 1. The fourth-order valence-corrected chi connectivity index (χ4v) is 3.96. The number of ether oxygens (including phenoxy) is 1. The van der Waals surface area contributed by atoms with Gasteiger partial charge in [0.25, 0.3) is 5.91 Å². The van der Waals surface area contributed by atoms with E-state index in [-0.39, 0.29) is 30.1 Å². The molecule has 7 nitrogen and oxygen atoms in total. The molecule has 158 valence electrons. The van der Waals surface area contributed by atoms with Gasteiger partial charge in [0, 0.05) is 13.1 Å². The molecule has 2 saturated heterocycles. The Morgan fingerprint density at radius 1 is 1.14 bits per heavy atom. The molecule has 1 aromatic rings. The third-order valence-corrected chi connectivity index (χ3v) is 5.67. The van der Waals surface area contributed by atoms with E-state index in [1.807, 2.05) is 38.1 Å². The third-order valence-electron chi connectivity index (χ3n) is 5.67. The molecule has 0 saturated carbocycles. The Kier molecular flexibility index (Phi) is 5.47. The molecule has 2 heterocycles. The molecule has 3 atom stereocenters. The van der Waals surface area contributed by atoms with Crippen LogP contribution in [-0.4, -0.2) is 59.5 Å². The van der Waals surface area contributed by atoms with Crippen LogP contribution in [0, 0.1) is 0 Å². The Morgan fingerprint density at radius 2 is 1.69 bits per heavy atom. The Balaban J connectivity index is 1.76. The van der Waals surface area contributed by atoms with Crippen LogP contribution in [0.25, 0.3) is 0 Å². The first-order valence-electron chi connectivity index (χ1n) is 10.1. The van der Waals surface area contributed by atoms with Crippen molar-refractivity contribution in [3.05, 3.63) is 35.4 Å². The maximum Gasteiger partial charge on any atom is 0.325 e. The normalized spacial score (nSPS) is 27.9. The first-order chi connectivity index (χ1) is 13.4. The van der Waals surface area contributed by atoms with Crippen LogP contribution in [0.4, 0.5) is 4.79 Å². The highest BCUT2D eigenvalue weighted by Crippen LogP contribution is 2.31. The number of nitrogens with zero attached hydrogens (tertiary/aromatic N) is 2. The Morgan fingerprint density at radius 3 is 2.21 bits per heavy atom.